The highest BCUT2D eigenvalue weighted by atomic mass is 32.2. The number of benzene rings is 1. The van der Waals surface area contributed by atoms with E-state index in [0.29, 0.717) is 23.8 Å². The fourth-order valence-corrected chi connectivity index (χ4v) is 6.11. The monoisotopic (exact) mass is 450 g/mol. The van der Waals surface area contributed by atoms with Gasteiger partial charge in [-0.25, -0.2) is 4.98 Å². The van der Waals surface area contributed by atoms with E-state index in [1.807, 2.05) is 25.1 Å². The Morgan fingerprint density at radius 2 is 2.14 bits per heavy atom. The van der Waals surface area contributed by atoms with E-state index in [-0.39, 0.29) is 17.5 Å². The van der Waals surface area contributed by atoms with Crippen LogP contribution in [0.5, 0.6) is 0 Å². The summed E-state index contributed by atoms with van der Waals surface area (Å²) < 4.78 is 29.5. The smallest absolute Gasteiger partial charge is 0.283 e. The highest BCUT2D eigenvalue weighted by Crippen LogP contribution is 2.32. The van der Waals surface area contributed by atoms with Gasteiger partial charge < -0.3 is 4.57 Å². The Labute approximate surface area is 176 Å². The van der Waals surface area contributed by atoms with Crippen molar-refractivity contribution in [2.45, 2.75) is 29.3 Å². The molecule has 1 amide bonds. The number of fused-ring (bicyclic) bond motifs is 1. The average molecular weight is 451 g/mol. The molecular formula is C17H18N6O3S3. The maximum absolute atomic E-state index is 13.0. The molecule has 29 heavy (non-hydrogen) atoms. The summed E-state index contributed by atoms with van der Waals surface area (Å²) in [7, 11) is -3.78. The van der Waals surface area contributed by atoms with Gasteiger partial charge in [0.25, 0.3) is 10.0 Å². The summed E-state index contributed by atoms with van der Waals surface area (Å²) in [4.78, 5) is 16.3. The number of aromatic nitrogens is 4. The molecule has 2 aromatic heterocycles. The van der Waals surface area contributed by atoms with Crippen LogP contribution in [0.2, 0.25) is 0 Å². The van der Waals surface area contributed by atoms with Crippen LogP contribution in [-0.2, 0) is 27.8 Å². The van der Waals surface area contributed by atoms with Gasteiger partial charge in [-0.3, -0.25) is 14.4 Å². The Hall–Kier alpha value is -2.44. The van der Waals surface area contributed by atoms with Gasteiger partial charge in [0.2, 0.25) is 11.0 Å². The van der Waals surface area contributed by atoms with E-state index < -0.39 is 10.0 Å². The zero-order chi connectivity index (χ0) is 20.4. The maximum Gasteiger partial charge on any atom is 0.283 e. The van der Waals surface area contributed by atoms with Gasteiger partial charge in [0.15, 0.2) is 9.37 Å². The van der Waals surface area contributed by atoms with Crippen LogP contribution in [0.3, 0.4) is 0 Å². The molecule has 0 unspecified atom stereocenters. The van der Waals surface area contributed by atoms with E-state index in [2.05, 4.69) is 20.5 Å². The summed E-state index contributed by atoms with van der Waals surface area (Å²) in [6, 6.07) is 7.42. The van der Waals surface area contributed by atoms with Crippen LogP contribution in [0.1, 0.15) is 12.5 Å². The van der Waals surface area contributed by atoms with Crippen molar-refractivity contribution in [3.8, 4) is 0 Å². The van der Waals surface area contributed by atoms with Crippen molar-refractivity contribution in [1.82, 2.24) is 19.7 Å². The standard InChI is InChI=1S/C17H18N6O3S3/c1-2-27-17-21-20-16(28-17)19-14(24)9-22-10-15(18-11-22)29(25,26)23-8-7-12-5-3-4-6-13(12)23/h3-6,10-11H,2,7-9H2,1H3,(H,19,20,24). The van der Waals surface area contributed by atoms with E-state index in [1.165, 1.54) is 32.7 Å². The van der Waals surface area contributed by atoms with Crippen molar-refractivity contribution in [1.29, 1.82) is 0 Å². The molecular weight excluding hydrogens is 432 g/mol. The Bertz CT molecular complexity index is 1140. The van der Waals surface area contributed by atoms with Crippen molar-refractivity contribution >= 4 is 49.8 Å². The average Bonchev–Trinajstić information content (AvgIpc) is 3.42. The first-order chi connectivity index (χ1) is 14.0. The van der Waals surface area contributed by atoms with Gasteiger partial charge in [0.1, 0.15) is 6.54 Å². The van der Waals surface area contributed by atoms with E-state index >= 15 is 0 Å². The van der Waals surface area contributed by atoms with Crippen LogP contribution < -0.4 is 9.62 Å². The Morgan fingerprint density at radius 1 is 1.31 bits per heavy atom. The van der Waals surface area contributed by atoms with Crippen molar-refractivity contribution in [3.63, 3.8) is 0 Å². The van der Waals surface area contributed by atoms with Crippen LogP contribution in [0, 0.1) is 0 Å². The molecule has 0 radical (unpaired) electrons. The molecule has 1 aliphatic heterocycles. The highest BCUT2D eigenvalue weighted by Gasteiger charge is 2.32. The molecule has 1 aliphatic rings. The van der Waals surface area contributed by atoms with Gasteiger partial charge in [0.05, 0.1) is 12.0 Å². The van der Waals surface area contributed by atoms with E-state index in [9.17, 15) is 13.2 Å². The minimum absolute atomic E-state index is 0.0745. The Balaban J connectivity index is 1.44. The largest absolute Gasteiger partial charge is 0.327 e. The number of amides is 1. The predicted molar refractivity (Wildman–Crippen MR) is 112 cm³/mol. The molecule has 0 atom stereocenters. The van der Waals surface area contributed by atoms with Crippen molar-refractivity contribution < 1.29 is 13.2 Å². The number of hydrogen-bond donors (Lipinski definition) is 1. The molecule has 3 aromatic rings. The summed E-state index contributed by atoms with van der Waals surface area (Å²) in [5, 5.41) is 10.9. The second kappa shape index (κ2) is 8.13. The second-order valence-corrected chi connectivity index (χ2v) is 10.5. The SMILES string of the molecule is CCSc1nnc(NC(=O)Cn2cnc(S(=O)(=O)N3CCc4ccccc43)c2)s1. The third kappa shape index (κ3) is 4.14. The zero-order valence-electron chi connectivity index (χ0n) is 15.5. The van der Waals surface area contributed by atoms with Gasteiger partial charge in [-0.15, -0.1) is 10.2 Å². The Morgan fingerprint density at radius 3 is 2.97 bits per heavy atom. The molecule has 0 bridgehead atoms. The Kier molecular flexibility index (Phi) is 5.56. The molecule has 9 nitrogen and oxygen atoms in total. The lowest BCUT2D eigenvalue weighted by Gasteiger charge is -2.17. The summed E-state index contributed by atoms with van der Waals surface area (Å²) in [6.45, 7) is 2.31. The second-order valence-electron chi connectivity index (χ2n) is 6.19. The first-order valence-electron chi connectivity index (χ1n) is 8.86. The maximum atomic E-state index is 13.0. The van der Waals surface area contributed by atoms with Crippen LogP contribution in [0.25, 0.3) is 0 Å². The lowest BCUT2D eigenvalue weighted by Crippen LogP contribution is -2.29. The number of anilines is 2. The molecule has 3 heterocycles. The quantitative estimate of drug-likeness (QED) is 0.434. The number of sulfonamides is 1. The van der Waals surface area contributed by atoms with Gasteiger partial charge in [0, 0.05) is 12.7 Å². The first kappa shape index (κ1) is 19.9. The fraction of sp³-hybridized carbons (Fsp3) is 0.294. The summed E-state index contributed by atoms with van der Waals surface area (Å²) >= 11 is 2.84. The lowest BCUT2D eigenvalue weighted by atomic mass is 10.2. The number of imidazole rings is 1. The molecule has 0 saturated carbocycles. The summed E-state index contributed by atoms with van der Waals surface area (Å²) in [6.07, 6.45) is 3.37. The topological polar surface area (TPSA) is 110 Å². The fourth-order valence-electron chi connectivity index (χ4n) is 3.00. The third-order valence-corrected chi connectivity index (χ3v) is 7.81. The minimum atomic E-state index is -3.78. The number of rotatable bonds is 7. The molecule has 0 spiro atoms. The normalized spacial score (nSPS) is 13.5. The molecule has 12 heteroatoms. The van der Waals surface area contributed by atoms with E-state index in [1.54, 1.807) is 17.8 Å². The predicted octanol–water partition coefficient (Wildman–Crippen LogP) is 2.24. The molecule has 0 saturated heterocycles. The van der Waals surface area contributed by atoms with E-state index in [4.69, 9.17) is 0 Å². The zero-order valence-corrected chi connectivity index (χ0v) is 17.9. The van der Waals surface area contributed by atoms with Gasteiger partial charge in [-0.1, -0.05) is 48.2 Å². The van der Waals surface area contributed by atoms with Gasteiger partial charge in [-0.2, -0.15) is 8.42 Å². The van der Waals surface area contributed by atoms with Gasteiger partial charge in [-0.05, 0) is 23.8 Å². The molecule has 0 fully saturated rings. The number of thioether (sulfide) groups is 1. The summed E-state index contributed by atoms with van der Waals surface area (Å²) in [5.41, 5.74) is 1.67. The molecule has 152 valence electrons. The molecule has 1 N–H and O–H groups in total. The summed E-state index contributed by atoms with van der Waals surface area (Å²) in [5.74, 6) is 0.540. The molecule has 4 rings (SSSR count). The van der Waals surface area contributed by atoms with E-state index in [0.717, 1.165) is 15.7 Å². The van der Waals surface area contributed by atoms with Crippen molar-refractivity contribution in [3.05, 3.63) is 42.4 Å². The van der Waals surface area contributed by atoms with Gasteiger partial charge >= 0.3 is 0 Å². The first-order valence-corrected chi connectivity index (χ1v) is 12.1. The third-order valence-electron chi connectivity index (χ3n) is 4.26. The van der Waals surface area contributed by atoms with Crippen LogP contribution in [0.4, 0.5) is 10.8 Å². The van der Waals surface area contributed by atoms with Crippen LogP contribution >= 0.6 is 23.1 Å². The number of nitrogens with zero attached hydrogens (tertiary/aromatic N) is 5. The number of nitrogens with one attached hydrogen (secondary N) is 1. The number of para-hydroxylation sites is 1. The number of carbonyl (C=O) groups excluding carboxylic acids is 1. The lowest BCUT2D eigenvalue weighted by molar-refractivity contribution is -0.116. The van der Waals surface area contributed by atoms with Crippen LogP contribution in [0.15, 0.2) is 46.2 Å². The number of carbonyl (C=O) groups is 1. The molecule has 1 aromatic carbocycles. The van der Waals surface area contributed by atoms with Crippen molar-refractivity contribution in [2.24, 2.45) is 0 Å². The molecule has 0 aliphatic carbocycles. The minimum Gasteiger partial charge on any atom is -0.327 e. The van der Waals surface area contributed by atoms with Crippen LogP contribution in [-0.4, -0.2) is 46.4 Å². The highest BCUT2D eigenvalue weighted by molar-refractivity contribution is 8.01. The number of hydrogen-bond acceptors (Lipinski definition) is 8. The van der Waals surface area contributed by atoms with Crippen molar-refractivity contribution in [2.75, 3.05) is 21.9 Å².